The van der Waals surface area contributed by atoms with Crippen LogP contribution < -0.4 is 5.32 Å². The molecule has 152 valence electrons. The topological polar surface area (TPSA) is 70.7 Å². The number of aryl methyl sites for hydroxylation is 2. The first-order valence-corrected chi connectivity index (χ1v) is 10.9. The minimum Gasteiger partial charge on any atom is -0.361 e. The van der Waals surface area contributed by atoms with Gasteiger partial charge in [0.1, 0.15) is 0 Å². The molecular weight excluding hydrogens is 392 g/mol. The van der Waals surface area contributed by atoms with E-state index < -0.39 is 0 Å². The van der Waals surface area contributed by atoms with Crippen LogP contribution in [0.15, 0.2) is 66.0 Å². The van der Waals surface area contributed by atoms with Gasteiger partial charge in [-0.3, -0.25) is 4.79 Å². The molecule has 0 aliphatic carbocycles. The predicted molar refractivity (Wildman–Crippen MR) is 122 cm³/mol. The fourth-order valence-electron chi connectivity index (χ4n) is 3.51. The normalized spacial score (nSPS) is 11.0. The van der Waals surface area contributed by atoms with Crippen LogP contribution in [0.5, 0.6) is 0 Å². The number of amides is 1. The van der Waals surface area contributed by atoms with Crippen molar-refractivity contribution in [3.05, 3.63) is 88.9 Å². The number of para-hydroxylation sites is 1. The maximum Gasteiger partial charge on any atom is 0.251 e. The largest absolute Gasteiger partial charge is 0.361 e. The molecule has 5 nitrogen and oxygen atoms in total. The molecule has 0 radical (unpaired) electrons. The number of benzene rings is 2. The molecule has 2 heterocycles. The van der Waals surface area contributed by atoms with Gasteiger partial charge < -0.3 is 10.3 Å². The third kappa shape index (κ3) is 4.71. The van der Waals surface area contributed by atoms with Crippen molar-refractivity contribution >= 4 is 28.6 Å². The Balaban J connectivity index is 1.39. The summed E-state index contributed by atoms with van der Waals surface area (Å²) in [5.41, 5.74) is 5.92. The van der Waals surface area contributed by atoms with Gasteiger partial charge in [0.2, 0.25) is 0 Å². The quantitative estimate of drug-likeness (QED) is 0.334. The van der Waals surface area contributed by atoms with E-state index in [1.807, 2.05) is 62.5 Å². The van der Waals surface area contributed by atoms with E-state index in [0.29, 0.717) is 17.9 Å². The fraction of sp³-hybridized carbons (Fsp3) is 0.208. The van der Waals surface area contributed by atoms with Gasteiger partial charge in [-0.25, -0.2) is 9.97 Å². The van der Waals surface area contributed by atoms with E-state index in [-0.39, 0.29) is 5.91 Å². The lowest BCUT2D eigenvalue weighted by atomic mass is 10.1. The van der Waals surface area contributed by atoms with Gasteiger partial charge in [0.05, 0.1) is 0 Å². The van der Waals surface area contributed by atoms with Gasteiger partial charge in [0.25, 0.3) is 5.91 Å². The second kappa shape index (κ2) is 9.13. The van der Waals surface area contributed by atoms with E-state index in [4.69, 9.17) is 0 Å². The summed E-state index contributed by atoms with van der Waals surface area (Å²) >= 11 is 1.55. The molecule has 2 aromatic carbocycles. The van der Waals surface area contributed by atoms with Crippen LogP contribution in [0.2, 0.25) is 0 Å². The Morgan fingerprint density at radius 2 is 1.73 bits per heavy atom. The van der Waals surface area contributed by atoms with Crippen molar-refractivity contribution in [1.29, 1.82) is 0 Å². The Labute approximate surface area is 180 Å². The highest BCUT2D eigenvalue weighted by Gasteiger charge is 2.12. The molecule has 0 aliphatic rings. The number of hydrogen-bond donors (Lipinski definition) is 2. The van der Waals surface area contributed by atoms with Crippen LogP contribution in [0.25, 0.3) is 10.9 Å². The number of carbonyl (C=O) groups is 1. The number of thioether (sulfide) groups is 1. The maximum atomic E-state index is 12.8. The summed E-state index contributed by atoms with van der Waals surface area (Å²) in [6, 6.07) is 17.9. The van der Waals surface area contributed by atoms with E-state index in [2.05, 4.69) is 32.4 Å². The predicted octanol–water partition coefficient (Wildman–Crippen LogP) is 4.84. The molecule has 2 N–H and O–H groups in total. The lowest BCUT2D eigenvalue weighted by Gasteiger charge is -2.10. The van der Waals surface area contributed by atoms with E-state index in [1.165, 1.54) is 10.9 Å². The second-order valence-corrected chi connectivity index (χ2v) is 8.19. The molecule has 4 aromatic rings. The van der Waals surface area contributed by atoms with Crippen molar-refractivity contribution in [2.45, 2.75) is 31.2 Å². The van der Waals surface area contributed by atoms with Gasteiger partial charge in [-0.05, 0) is 49.6 Å². The molecule has 0 aliphatic heterocycles. The highest BCUT2D eigenvalue weighted by atomic mass is 32.2. The number of nitrogens with zero attached hydrogens (tertiary/aromatic N) is 2. The SMILES string of the molecule is Cc1cc(C)nc(SCc2ccccc2C(=O)NCCc2c[nH]c3ccccc23)n1. The summed E-state index contributed by atoms with van der Waals surface area (Å²) in [5.74, 6) is 0.599. The van der Waals surface area contributed by atoms with Crippen molar-refractivity contribution < 1.29 is 4.79 Å². The zero-order valence-corrected chi connectivity index (χ0v) is 17.9. The van der Waals surface area contributed by atoms with Crippen LogP contribution in [0.4, 0.5) is 0 Å². The Kier molecular flexibility index (Phi) is 6.14. The van der Waals surface area contributed by atoms with E-state index in [1.54, 1.807) is 11.8 Å². The molecule has 30 heavy (non-hydrogen) atoms. The molecule has 4 rings (SSSR count). The molecule has 0 bridgehead atoms. The monoisotopic (exact) mass is 416 g/mol. The van der Waals surface area contributed by atoms with Gasteiger partial charge in [-0.1, -0.05) is 48.2 Å². The minimum atomic E-state index is -0.0487. The zero-order valence-electron chi connectivity index (χ0n) is 17.1. The van der Waals surface area contributed by atoms with Crippen LogP contribution in [-0.2, 0) is 12.2 Å². The molecule has 0 unspecified atom stereocenters. The molecular formula is C24H24N4OS. The van der Waals surface area contributed by atoms with Crippen LogP contribution >= 0.6 is 11.8 Å². The Hall–Kier alpha value is -3.12. The summed E-state index contributed by atoms with van der Waals surface area (Å²) in [6.45, 7) is 4.52. The number of nitrogens with one attached hydrogen (secondary N) is 2. The van der Waals surface area contributed by atoms with Crippen LogP contribution in [0, 0.1) is 13.8 Å². The van der Waals surface area contributed by atoms with Gasteiger partial charge in [0, 0.05) is 46.3 Å². The summed E-state index contributed by atoms with van der Waals surface area (Å²) < 4.78 is 0. The smallest absolute Gasteiger partial charge is 0.251 e. The lowest BCUT2D eigenvalue weighted by molar-refractivity contribution is 0.0953. The van der Waals surface area contributed by atoms with Crippen molar-refractivity contribution in [3.63, 3.8) is 0 Å². The second-order valence-electron chi connectivity index (χ2n) is 7.24. The Bertz CT molecular complexity index is 1160. The standard InChI is InChI=1S/C24H24N4OS/c1-16-13-17(2)28-24(27-16)30-15-19-7-3-4-9-21(19)23(29)25-12-11-18-14-26-22-10-6-5-8-20(18)22/h3-10,13-14,26H,11-12,15H2,1-2H3,(H,25,29). The third-order valence-electron chi connectivity index (χ3n) is 4.94. The van der Waals surface area contributed by atoms with Gasteiger partial charge in [-0.15, -0.1) is 0 Å². The van der Waals surface area contributed by atoms with Gasteiger partial charge in [0.15, 0.2) is 5.16 Å². The van der Waals surface area contributed by atoms with Crippen LogP contribution in [0.1, 0.15) is 32.9 Å². The first-order valence-electron chi connectivity index (χ1n) is 9.96. The van der Waals surface area contributed by atoms with Crippen LogP contribution in [0.3, 0.4) is 0 Å². The van der Waals surface area contributed by atoms with Gasteiger partial charge in [-0.2, -0.15) is 0 Å². The average molecular weight is 417 g/mol. The van der Waals surface area contributed by atoms with Gasteiger partial charge >= 0.3 is 0 Å². The average Bonchev–Trinajstić information content (AvgIpc) is 3.15. The number of aromatic nitrogens is 3. The lowest BCUT2D eigenvalue weighted by Crippen LogP contribution is -2.26. The van der Waals surface area contributed by atoms with E-state index >= 15 is 0 Å². The van der Waals surface area contributed by atoms with Crippen molar-refractivity contribution in [2.75, 3.05) is 6.54 Å². The molecule has 1 amide bonds. The maximum absolute atomic E-state index is 12.8. The molecule has 2 aromatic heterocycles. The van der Waals surface area contributed by atoms with Crippen molar-refractivity contribution in [3.8, 4) is 0 Å². The van der Waals surface area contributed by atoms with Crippen molar-refractivity contribution in [1.82, 2.24) is 20.3 Å². The summed E-state index contributed by atoms with van der Waals surface area (Å²) in [6.07, 6.45) is 2.80. The number of hydrogen-bond acceptors (Lipinski definition) is 4. The first kappa shape index (κ1) is 20.2. The first-order chi connectivity index (χ1) is 14.6. The highest BCUT2D eigenvalue weighted by molar-refractivity contribution is 7.98. The third-order valence-corrected chi connectivity index (χ3v) is 5.83. The number of aromatic amines is 1. The van der Waals surface area contributed by atoms with E-state index in [0.717, 1.165) is 34.0 Å². The molecule has 0 saturated heterocycles. The van der Waals surface area contributed by atoms with Crippen molar-refractivity contribution in [2.24, 2.45) is 0 Å². The summed E-state index contributed by atoms with van der Waals surface area (Å²) in [7, 11) is 0. The number of carbonyl (C=O) groups excluding carboxylic acids is 1. The molecule has 0 spiro atoms. The van der Waals surface area contributed by atoms with E-state index in [9.17, 15) is 4.79 Å². The minimum absolute atomic E-state index is 0.0487. The number of rotatable bonds is 7. The highest BCUT2D eigenvalue weighted by Crippen LogP contribution is 2.22. The Morgan fingerprint density at radius 1 is 1.00 bits per heavy atom. The number of H-pyrrole nitrogens is 1. The molecule has 6 heteroatoms. The fourth-order valence-corrected chi connectivity index (χ4v) is 4.47. The van der Waals surface area contributed by atoms with Crippen LogP contribution in [-0.4, -0.2) is 27.4 Å². The Morgan fingerprint density at radius 3 is 2.57 bits per heavy atom. The molecule has 0 saturated carbocycles. The molecule has 0 atom stereocenters. The molecule has 0 fully saturated rings. The number of fused-ring (bicyclic) bond motifs is 1. The zero-order chi connectivity index (χ0) is 20.9. The summed E-state index contributed by atoms with van der Waals surface area (Å²) in [4.78, 5) is 25.0. The summed E-state index contributed by atoms with van der Waals surface area (Å²) in [5, 5.41) is 5.01.